The van der Waals surface area contributed by atoms with Crippen LogP contribution in [0.3, 0.4) is 0 Å². The second kappa shape index (κ2) is 5.40. The molecule has 0 aromatic heterocycles. The molecule has 0 amide bonds. The Balaban J connectivity index is 2.12. The fourth-order valence-electron chi connectivity index (χ4n) is 1.97. The highest BCUT2D eigenvalue weighted by molar-refractivity contribution is 4.86. The highest BCUT2D eigenvalue weighted by atomic mass is 14.2. The second-order valence-electron chi connectivity index (χ2n) is 4.41. The molecule has 1 rings (SSSR count). The number of allylic oxidation sites excluding steroid dienone is 2. The molecule has 1 saturated carbocycles. The van der Waals surface area contributed by atoms with Crippen molar-refractivity contribution in [2.24, 2.45) is 11.8 Å². The summed E-state index contributed by atoms with van der Waals surface area (Å²) in [5.74, 6) is 1.74. The molecule has 1 aliphatic rings. The van der Waals surface area contributed by atoms with Gasteiger partial charge in [-0.05, 0) is 18.3 Å². The van der Waals surface area contributed by atoms with E-state index < -0.39 is 0 Å². The smallest absolute Gasteiger partial charge is 0.0290 e. The van der Waals surface area contributed by atoms with Crippen LogP contribution < -0.4 is 0 Å². The Labute approximate surface area is 77.1 Å². The molecule has 1 fully saturated rings. The molecule has 0 heterocycles. The van der Waals surface area contributed by atoms with Crippen LogP contribution in [0.4, 0.5) is 0 Å². The van der Waals surface area contributed by atoms with Gasteiger partial charge in [0.25, 0.3) is 0 Å². The van der Waals surface area contributed by atoms with Gasteiger partial charge in [0.15, 0.2) is 0 Å². The van der Waals surface area contributed by atoms with Gasteiger partial charge in [0.1, 0.15) is 0 Å². The standard InChI is InChI=1S/C12H22/c1-11(2)7-6-10-12-8-4-3-5-9-12/h6-7,11-12H,3-5,8-10H2,1-2H3/b7-6+. The molecular weight excluding hydrogens is 144 g/mol. The van der Waals surface area contributed by atoms with Crippen LogP contribution in [0.25, 0.3) is 0 Å². The van der Waals surface area contributed by atoms with E-state index in [-0.39, 0.29) is 0 Å². The Kier molecular flexibility index (Phi) is 4.42. The molecule has 0 atom stereocenters. The van der Waals surface area contributed by atoms with Crippen LogP contribution in [-0.4, -0.2) is 0 Å². The Morgan fingerprint density at radius 3 is 2.42 bits per heavy atom. The summed E-state index contributed by atoms with van der Waals surface area (Å²) in [5, 5.41) is 0. The topological polar surface area (TPSA) is 0 Å². The third kappa shape index (κ3) is 3.94. The predicted molar refractivity (Wildman–Crippen MR) is 55.2 cm³/mol. The first-order chi connectivity index (χ1) is 5.79. The Hall–Kier alpha value is -0.260. The van der Waals surface area contributed by atoms with E-state index in [0.717, 1.165) is 11.8 Å². The molecule has 0 heteroatoms. The van der Waals surface area contributed by atoms with Gasteiger partial charge in [-0.25, -0.2) is 0 Å². The van der Waals surface area contributed by atoms with Gasteiger partial charge in [-0.1, -0.05) is 58.1 Å². The first-order valence-electron chi connectivity index (χ1n) is 5.45. The number of hydrogen-bond acceptors (Lipinski definition) is 0. The molecule has 0 radical (unpaired) electrons. The van der Waals surface area contributed by atoms with Crippen molar-refractivity contribution in [2.75, 3.05) is 0 Å². The van der Waals surface area contributed by atoms with E-state index in [0.29, 0.717) is 0 Å². The molecule has 0 aromatic rings. The van der Waals surface area contributed by atoms with Gasteiger partial charge in [0.2, 0.25) is 0 Å². The van der Waals surface area contributed by atoms with E-state index in [4.69, 9.17) is 0 Å². The molecule has 0 saturated heterocycles. The lowest BCUT2D eigenvalue weighted by molar-refractivity contribution is 0.361. The van der Waals surface area contributed by atoms with Crippen molar-refractivity contribution in [3.8, 4) is 0 Å². The summed E-state index contributed by atoms with van der Waals surface area (Å²) in [6.45, 7) is 4.49. The Morgan fingerprint density at radius 1 is 1.17 bits per heavy atom. The third-order valence-electron chi connectivity index (χ3n) is 2.72. The van der Waals surface area contributed by atoms with Crippen molar-refractivity contribution in [3.05, 3.63) is 12.2 Å². The van der Waals surface area contributed by atoms with Crippen molar-refractivity contribution < 1.29 is 0 Å². The highest BCUT2D eigenvalue weighted by Gasteiger charge is 2.10. The molecule has 70 valence electrons. The average molecular weight is 166 g/mol. The van der Waals surface area contributed by atoms with Gasteiger partial charge in [-0.15, -0.1) is 0 Å². The molecule has 0 N–H and O–H groups in total. The maximum Gasteiger partial charge on any atom is -0.0290 e. The fraction of sp³-hybridized carbons (Fsp3) is 0.833. The van der Waals surface area contributed by atoms with Crippen LogP contribution >= 0.6 is 0 Å². The Morgan fingerprint density at radius 2 is 1.83 bits per heavy atom. The summed E-state index contributed by atoms with van der Waals surface area (Å²) in [4.78, 5) is 0. The summed E-state index contributed by atoms with van der Waals surface area (Å²) in [6, 6.07) is 0. The van der Waals surface area contributed by atoms with Gasteiger partial charge in [0.05, 0.1) is 0 Å². The number of hydrogen-bond donors (Lipinski definition) is 0. The minimum Gasteiger partial charge on any atom is -0.0880 e. The second-order valence-corrected chi connectivity index (χ2v) is 4.41. The summed E-state index contributed by atoms with van der Waals surface area (Å²) in [6.07, 6.45) is 13.4. The van der Waals surface area contributed by atoms with E-state index in [1.54, 1.807) is 0 Å². The quantitative estimate of drug-likeness (QED) is 0.552. The molecule has 0 aromatic carbocycles. The zero-order valence-electron chi connectivity index (χ0n) is 8.55. The number of rotatable bonds is 3. The molecular formula is C12H22. The van der Waals surface area contributed by atoms with Crippen molar-refractivity contribution in [1.29, 1.82) is 0 Å². The van der Waals surface area contributed by atoms with Gasteiger partial charge in [0, 0.05) is 0 Å². The minimum absolute atomic E-state index is 0.730. The molecule has 1 aliphatic carbocycles. The molecule has 0 nitrogen and oxygen atoms in total. The lowest BCUT2D eigenvalue weighted by Crippen LogP contribution is -2.04. The summed E-state index contributed by atoms with van der Waals surface area (Å²) >= 11 is 0. The molecule has 12 heavy (non-hydrogen) atoms. The van der Waals surface area contributed by atoms with Crippen LogP contribution in [0.2, 0.25) is 0 Å². The monoisotopic (exact) mass is 166 g/mol. The molecule has 0 bridgehead atoms. The van der Waals surface area contributed by atoms with Crippen molar-refractivity contribution in [2.45, 2.75) is 52.4 Å². The molecule has 0 spiro atoms. The zero-order valence-corrected chi connectivity index (χ0v) is 8.55. The van der Waals surface area contributed by atoms with E-state index in [9.17, 15) is 0 Å². The van der Waals surface area contributed by atoms with Crippen LogP contribution in [-0.2, 0) is 0 Å². The van der Waals surface area contributed by atoms with Crippen LogP contribution in [0.15, 0.2) is 12.2 Å². The summed E-state index contributed by atoms with van der Waals surface area (Å²) in [5.41, 5.74) is 0. The van der Waals surface area contributed by atoms with Gasteiger partial charge in [-0.2, -0.15) is 0 Å². The molecule has 0 aliphatic heterocycles. The highest BCUT2D eigenvalue weighted by Crippen LogP contribution is 2.26. The lowest BCUT2D eigenvalue weighted by Gasteiger charge is -2.19. The molecule has 0 unspecified atom stereocenters. The van der Waals surface area contributed by atoms with Crippen molar-refractivity contribution in [1.82, 2.24) is 0 Å². The maximum absolute atomic E-state index is 2.39. The maximum atomic E-state index is 2.39. The van der Waals surface area contributed by atoms with E-state index in [1.807, 2.05) is 0 Å². The predicted octanol–water partition coefficient (Wildman–Crippen LogP) is 4.17. The van der Waals surface area contributed by atoms with Crippen LogP contribution in [0, 0.1) is 11.8 Å². The fourth-order valence-corrected chi connectivity index (χ4v) is 1.97. The van der Waals surface area contributed by atoms with Gasteiger partial charge < -0.3 is 0 Å². The van der Waals surface area contributed by atoms with Crippen molar-refractivity contribution in [3.63, 3.8) is 0 Å². The van der Waals surface area contributed by atoms with E-state index >= 15 is 0 Å². The van der Waals surface area contributed by atoms with Crippen LogP contribution in [0.5, 0.6) is 0 Å². The first-order valence-corrected chi connectivity index (χ1v) is 5.45. The van der Waals surface area contributed by atoms with E-state index in [2.05, 4.69) is 26.0 Å². The minimum atomic E-state index is 0.730. The third-order valence-corrected chi connectivity index (χ3v) is 2.72. The normalized spacial score (nSPS) is 20.9. The summed E-state index contributed by atoms with van der Waals surface area (Å²) < 4.78 is 0. The van der Waals surface area contributed by atoms with Crippen LogP contribution in [0.1, 0.15) is 52.4 Å². The van der Waals surface area contributed by atoms with Gasteiger partial charge >= 0.3 is 0 Å². The first kappa shape index (κ1) is 9.83. The van der Waals surface area contributed by atoms with Crippen molar-refractivity contribution >= 4 is 0 Å². The zero-order chi connectivity index (χ0) is 8.81. The van der Waals surface area contributed by atoms with Gasteiger partial charge in [-0.3, -0.25) is 0 Å². The lowest BCUT2D eigenvalue weighted by atomic mass is 9.87. The SMILES string of the molecule is CC(C)/C=C/CC1CCCCC1. The largest absolute Gasteiger partial charge is 0.0880 e. The summed E-state index contributed by atoms with van der Waals surface area (Å²) in [7, 11) is 0. The Bertz CT molecular complexity index is 127. The van der Waals surface area contributed by atoms with E-state index in [1.165, 1.54) is 38.5 Å². The average Bonchev–Trinajstić information content (AvgIpc) is 2.05.